The van der Waals surface area contributed by atoms with Crippen molar-refractivity contribution in [1.29, 1.82) is 0 Å². The van der Waals surface area contributed by atoms with E-state index in [1.165, 1.54) is 0 Å². The van der Waals surface area contributed by atoms with Crippen LogP contribution in [0.4, 0.5) is 0 Å². The summed E-state index contributed by atoms with van der Waals surface area (Å²) in [5.41, 5.74) is 0.836. The summed E-state index contributed by atoms with van der Waals surface area (Å²) in [6, 6.07) is 1.85. The van der Waals surface area contributed by atoms with E-state index in [-0.39, 0.29) is 11.9 Å². The quantitative estimate of drug-likeness (QED) is 0.935. The first kappa shape index (κ1) is 13.9. The van der Waals surface area contributed by atoms with E-state index < -0.39 is 0 Å². The van der Waals surface area contributed by atoms with Crippen molar-refractivity contribution in [2.45, 2.75) is 51.6 Å². The Labute approximate surface area is 123 Å². The van der Waals surface area contributed by atoms with Crippen LogP contribution in [0.1, 0.15) is 54.7 Å². The van der Waals surface area contributed by atoms with Gasteiger partial charge in [-0.3, -0.25) is 4.79 Å². The molecule has 3 heterocycles. The van der Waals surface area contributed by atoms with Crippen LogP contribution in [0, 0.1) is 0 Å². The molecule has 0 saturated heterocycles. The number of amides is 1. The van der Waals surface area contributed by atoms with Gasteiger partial charge in [0, 0.05) is 43.4 Å². The molecule has 1 aliphatic rings. The molecule has 0 aliphatic carbocycles. The van der Waals surface area contributed by atoms with Crippen molar-refractivity contribution in [3.05, 3.63) is 35.7 Å². The lowest BCUT2D eigenvalue weighted by Crippen LogP contribution is -2.40. The van der Waals surface area contributed by atoms with Gasteiger partial charge in [0.2, 0.25) is 5.76 Å². The van der Waals surface area contributed by atoms with E-state index in [1.807, 2.05) is 6.20 Å². The average molecular weight is 288 g/mol. The Kier molecular flexibility index (Phi) is 3.77. The van der Waals surface area contributed by atoms with Crippen molar-refractivity contribution < 1.29 is 9.32 Å². The number of hydrogen-bond acceptors (Lipinski definition) is 4. The Balaban J connectivity index is 1.63. The number of nitrogens with zero attached hydrogens (tertiary/aromatic N) is 3. The van der Waals surface area contributed by atoms with E-state index in [0.717, 1.165) is 37.3 Å². The molecular formula is C15H20N4O2. The van der Waals surface area contributed by atoms with Gasteiger partial charge < -0.3 is 14.4 Å². The third-order valence-corrected chi connectivity index (χ3v) is 4.14. The van der Waals surface area contributed by atoms with Crippen LogP contribution in [0.15, 0.2) is 23.0 Å². The Morgan fingerprint density at radius 2 is 2.48 bits per heavy atom. The molecule has 0 radical (unpaired) electrons. The SMILES string of the molecule is CCC(C)c1cc(C(=O)NC2CCc3nccn3C2)on1. The third kappa shape index (κ3) is 2.84. The fraction of sp³-hybridized carbons (Fsp3) is 0.533. The molecule has 0 spiro atoms. The molecule has 1 aliphatic heterocycles. The van der Waals surface area contributed by atoms with Crippen molar-refractivity contribution in [2.75, 3.05) is 0 Å². The second-order valence-corrected chi connectivity index (χ2v) is 5.63. The van der Waals surface area contributed by atoms with Crippen LogP contribution in [0.25, 0.3) is 0 Å². The standard InChI is InChI=1S/C15H20N4O2/c1-3-10(2)12-8-13(21-18-12)15(20)17-11-4-5-14-16-6-7-19(14)9-11/h6-8,10-11H,3-5,9H2,1-2H3,(H,17,20). The summed E-state index contributed by atoms with van der Waals surface area (Å²) in [5, 5.41) is 6.99. The second-order valence-electron chi connectivity index (χ2n) is 5.63. The zero-order valence-corrected chi connectivity index (χ0v) is 12.4. The van der Waals surface area contributed by atoms with Crippen LogP contribution < -0.4 is 5.32 Å². The van der Waals surface area contributed by atoms with E-state index in [9.17, 15) is 4.79 Å². The van der Waals surface area contributed by atoms with Crippen molar-refractivity contribution in [2.24, 2.45) is 0 Å². The lowest BCUT2D eigenvalue weighted by atomic mass is 10.0. The maximum absolute atomic E-state index is 12.2. The van der Waals surface area contributed by atoms with Crippen LogP contribution >= 0.6 is 0 Å². The van der Waals surface area contributed by atoms with Gasteiger partial charge in [-0.15, -0.1) is 0 Å². The summed E-state index contributed by atoms with van der Waals surface area (Å²) < 4.78 is 7.25. The first-order chi connectivity index (χ1) is 10.2. The number of fused-ring (bicyclic) bond motifs is 1. The van der Waals surface area contributed by atoms with Gasteiger partial charge in [-0.05, 0) is 12.8 Å². The Morgan fingerprint density at radius 3 is 3.29 bits per heavy atom. The monoisotopic (exact) mass is 288 g/mol. The number of aryl methyl sites for hydroxylation is 1. The number of carbonyl (C=O) groups is 1. The van der Waals surface area contributed by atoms with E-state index in [4.69, 9.17) is 4.52 Å². The first-order valence-corrected chi connectivity index (χ1v) is 7.45. The highest BCUT2D eigenvalue weighted by Gasteiger charge is 2.23. The summed E-state index contributed by atoms with van der Waals surface area (Å²) >= 11 is 0. The highest BCUT2D eigenvalue weighted by Crippen LogP contribution is 2.19. The average Bonchev–Trinajstić information content (AvgIpc) is 3.14. The molecule has 1 amide bonds. The molecule has 0 aromatic carbocycles. The largest absolute Gasteiger partial charge is 0.351 e. The normalized spacial score (nSPS) is 19.0. The van der Waals surface area contributed by atoms with Gasteiger partial charge in [-0.2, -0.15) is 0 Å². The molecule has 6 heteroatoms. The van der Waals surface area contributed by atoms with Crippen molar-refractivity contribution in [1.82, 2.24) is 20.0 Å². The van der Waals surface area contributed by atoms with Crippen molar-refractivity contribution >= 4 is 5.91 Å². The van der Waals surface area contributed by atoms with Gasteiger partial charge in [0.15, 0.2) is 0 Å². The first-order valence-electron chi connectivity index (χ1n) is 7.45. The summed E-state index contributed by atoms with van der Waals surface area (Å²) in [6.07, 6.45) is 6.50. The Hall–Kier alpha value is -2.11. The molecule has 2 aromatic rings. The zero-order chi connectivity index (χ0) is 14.8. The highest BCUT2D eigenvalue weighted by atomic mass is 16.5. The molecule has 2 atom stereocenters. The number of nitrogens with one attached hydrogen (secondary N) is 1. The molecule has 0 saturated carbocycles. The van der Waals surface area contributed by atoms with E-state index >= 15 is 0 Å². The molecule has 0 fully saturated rings. The Morgan fingerprint density at radius 1 is 1.62 bits per heavy atom. The van der Waals surface area contributed by atoms with E-state index in [1.54, 1.807) is 12.3 Å². The molecule has 2 unspecified atom stereocenters. The van der Waals surface area contributed by atoms with Crippen LogP contribution in [0.2, 0.25) is 0 Å². The van der Waals surface area contributed by atoms with Crippen molar-refractivity contribution in [3.8, 4) is 0 Å². The predicted molar refractivity (Wildman–Crippen MR) is 77.0 cm³/mol. The van der Waals surface area contributed by atoms with Gasteiger partial charge in [0.25, 0.3) is 5.91 Å². The van der Waals surface area contributed by atoms with E-state index in [2.05, 4.69) is 33.9 Å². The maximum atomic E-state index is 12.2. The maximum Gasteiger partial charge on any atom is 0.290 e. The van der Waals surface area contributed by atoms with Gasteiger partial charge >= 0.3 is 0 Å². The number of rotatable bonds is 4. The Bertz CT molecular complexity index is 631. The van der Waals surface area contributed by atoms with Crippen LogP contribution in [0.5, 0.6) is 0 Å². The fourth-order valence-corrected chi connectivity index (χ4v) is 2.58. The number of imidazole rings is 1. The van der Waals surface area contributed by atoms with Crippen molar-refractivity contribution in [3.63, 3.8) is 0 Å². The molecule has 6 nitrogen and oxygen atoms in total. The minimum Gasteiger partial charge on any atom is -0.351 e. The zero-order valence-electron chi connectivity index (χ0n) is 12.4. The summed E-state index contributed by atoms with van der Waals surface area (Å²) in [7, 11) is 0. The van der Waals surface area contributed by atoms with Crippen LogP contribution in [-0.2, 0) is 13.0 Å². The number of carbonyl (C=O) groups excluding carboxylic acids is 1. The predicted octanol–water partition coefficient (Wildman–Crippen LogP) is 2.13. The van der Waals surface area contributed by atoms with Gasteiger partial charge in [0.05, 0.1) is 5.69 Å². The van der Waals surface area contributed by atoms with E-state index in [0.29, 0.717) is 11.7 Å². The highest BCUT2D eigenvalue weighted by molar-refractivity contribution is 5.91. The lowest BCUT2D eigenvalue weighted by molar-refractivity contribution is 0.0890. The lowest BCUT2D eigenvalue weighted by Gasteiger charge is -2.24. The molecule has 0 bridgehead atoms. The molecule has 3 rings (SSSR count). The molecule has 2 aromatic heterocycles. The molecule has 112 valence electrons. The van der Waals surface area contributed by atoms with Gasteiger partial charge in [0.1, 0.15) is 5.82 Å². The van der Waals surface area contributed by atoms with Gasteiger partial charge in [-0.1, -0.05) is 19.0 Å². The third-order valence-electron chi connectivity index (χ3n) is 4.14. The second kappa shape index (κ2) is 5.71. The molecule has 21 heavy (non-hydrogen) atoms. The number of aromatic nitrogens is 3. The molecular weight excluding hydrogens is 268 g/mol. The summed E-state index contributed by atoms with van der Waals surface area (Å²) in [6.45, 7) is 4.92. The minimum absolute atomic E-state index is 0.108. The molecule has 1 N–H and O–H groups in total. The summed E-state index contributed by atoms with van der Waals surface area (Å²) in [4.78, 5) is 16.5. The smallest absolute Gasteiger partial charge is 0.290 e. The van der Waals surface area contributed by atoms with Crippen LogP contribution in [0.3, 0.4) is 0 Å². The fourth-order valence-electron chi connectivity index (χ4n) is 2.58. The summed E-state index contributed by atoms with van der Waals surface area (Å²) in [5.74, 6) is 1.49. The van der Waals surface area contributed by atoms with Crippen LogP contribution in [-0.4, -0.2) is 26.7 Å². The van der Waals surface area contributed by atoms with Gasteiger partial charge in [-0.25, -0.2) is 4.98 Å². The topological polar surface area (TPSA) is 73.0 Å². The minimum atomic E-state index is -0.189. The number of hydrogen-bond donors (Lipinski definition) is 1.